The molecule has 0 heterocycles. The highest BCUT2D eigenvalue weighted by Gasteiger charge is 2.46. The first-order valence-electron chi connectivity index (χ1n) is 7.21. The monoisotopic (exact) mass is 253 g/mol. The summed E-state index contributed by atoms with van der Waals surface area (Å²) in [6.45, 7) is 8.58. The van der Waals surface area contributed by atoms with Crippen molar-refractivity contribution in [2.24, 2.45) is 23.0 Å². The van der Waals surface area contributed by atoms with Gasteiger partial charge in [-0.1, -0.05) is 20.8 Å². The summed E-state index contributed by atoms with van der Waals surface area (Å²) in [6, 6.07) is 0. The zero-order valence-corrected chi connectivity index (χ0v) is 12.2. The second-order valence-corrected chi connectivity index (χ2v) is 7.50. The molecule has 18 heavy (non-hydrogen) atoms. The van der Waals surface area contributed by atoms with E-state index < -0.39 is 5.54 Å². The fourth-order valence-corrected chi connectivity index (χ4v) is 3.48. The van der Waals surface area contributed by atoms with Gasteiger partial charge >= 0.3 is 5.97 Å². The Morgan fingerprint density at radius 3 is 2.44 bits per heavy atom. The lowest BCUT2D eigenvalue weighted by atomic mass is 9.71. The van der Waals surface area contributed by atoms with Gasteiger partial charge in [0.2, 0.25) is 0 Å². The van der Waals surface area contributed by atoms with E-state index in [-0.39, 0.29) is 17.5 Å². The normalized spacial score (nSPS) is 34.7. The fourth-order valence-electron chi connectivity index (χ4n) is 3.48. The molecule has 2 rings (SSSR count). The van der Waals surface area contributed by atoms with Crippen LogP contribution in [-0.2, 0) is 9.53 Å². The summed E-state index contributed by atoms with van der Waals surface area (Å²) in [4.78, 5) is 12.2. The highest BCUT2D eigenvalue weighted by molar-refractivity contribution is 5.81. The van der Waals surface area contributed by atoms with Gasteiger partial charge < -0.3 is 10.5 Å². The maximum Gasteiger partial charge on any atom is 0.326 e. The summed E-state index contributed by atoms with van der Waals surface area (Å²) in [5.74, 6) is 0.760. The summed E-state index contributed by atoms with van der Waals surface area (Å²) in [7, 11) is 0. The van der Waals surface area contributed by atoms with Crippen molar-refractivity contribution >= 4 is 5.97 Å². The van der Waals surface area contributed by atoms with Gasteiger partial charge in [-0.25, -0.2) is 0 Å². The van der Waals surface area contributed by atoms with Crippen LogP contribution in [0.3, 0.4) is 0 Å². The summed E-state index contributed by atoms with van der Waals surface area (Å²) in [5, 5.41) is 0. The van der Waals surface area contributed by atoms with Crippen molar-refractivity contribution < 1.29 is 9.53 Å². The average Bonchev–Trinajstić information content (AvgIpc) is 2.96. The zero-order chi connectivity index (χ0) is 13.6. The first-order chi connectivity index (χ1) is 8.21. The molecule has 0 aromatic carbocycles. The van der Waals surface area contributed by atoms with Crippen LogP contribution in [0.5, 0.6) is 0 Å². The van der Waals surface area contributed by atoms with Gasteiger partial charge in [-0.05, 0) is 56.3 Å². The molecule has 0 aromatic heterocycles. The molecular weight excluding hydrogens is 226 g/mol. The molecule has 0 radical (unpaired) electrons. The first-order valence-corrected chi connectivity index (χ1v) is 7.21. The molecule has 3 unspecified atom stereocenters. The van der Waals surface area contributed by atoms with Gasteiger partial charge in [0.1, 0.15) is 11.6 Å². The number of carbonyl (C=O) groups is 1. The van der Waals surface area contributed by atoms with E-state index in [1.54, 1.807) is 0 Å². The summed E-state index contributed by atoms with van der Waals surface area (Å²) < 4.78 is 5.70. The molecule has 0 bridgehead atoms. The Kier molecular flexibility index (Phi) is 3.48. The van der Waals surface area contributed by atoms with E-state index in [2.05, 4.69) is 20.8 Å². The third-order valence-corrected chi connectivity index (χ3v) is 4.49. The Morgan fingerprint density at radius 1 is 1.33 bits per heavy atom. The molecule has 3 atom stereocenters. The Morgan fingerprint density at radius 2 is 1.94 bits per heavy atom. The molecular formula is C15H27NO2. The largest absolute Gasteiger partial charge is 0.461 e. The van der Waals surface area contributed by atoms with E-state index in [1.807, 2.05) is 6.92 Å². The molecule has 3 nitrogen and oxygen atoms in total. The van der Waals surface area contributed by atoms with Gasteiger partial charge in [-0.2, -0.15) is 0 Å². The number of carbonyl (C=O) groups excluding carboxylic acids is 1. The summed E-state index contributed by atoms with van der Waals surface area (Å²) >= 11 is 0. The van der Waals surface area contributed by atoms with E-state index in [4.69, 9.17) is 10.5 Å². The molecule has 0 spiro atoms. The standard InChI is InChI=1S/C15H27NO2/c1-10-7-12(9-14(2,3)8-10)18-13(17)15(4,16)11-5-6-11/h10-12H,5-9,16H2,1-4H3. The lowest BCUT2D eigenvalue weighted by Gasteiger charge is -2.39. The van der Waals surface area contributed by atoms with Crippen LogP contribution >= 0.6 is 0 Å². The molecule has 0 aliphatic heterocycles. The van der Waals surface area contributed by atoms with Crippen LogP contribution in [0.2, 0.25) is 0 Å². The van der Waals surface area contributed by atoms with Gasteiger partial charge in [0.15, 0.2) is 0 Å². The average molecular weight is 253 g/mol. The van der Waals surface area contributed by atoms with Crippen molar-refractivity contribution in [3.63, 3.8) is 0 Å². The molecule has 2 N–H and O–H groups in total. The first kappa shape index (κ1) is 13.9. The molecule has 0 aromatic rings. The maximum absolute atomic E-state index is 12.2. The number of nitrogens with two attached hydrogens (primary N) is 1. The van der Waals surface area contributed by atoms with Gasteiger partial charge in [0.05, 0.1) is 0 Å². The van der Waals surface area contributed by atoms with Crippen molar-refractivity contribution in [1.82, 2.24) is 0 Å². The van der Waals surface area contributed by atoms with Crippen molar-refractivity contribution in [1.29, 1.82) is 0 Å². The smallest absolute Gasteiger partial charge is 0.326 e. The van der Waals surface area contributed by atoms with E-state index in [9.17, 15) is 4.79 Å². The van der Waals surface area contributed by atoms with Crippen LogP contribution < -0.4 is 5.73 Å². The lowest BCUT2D eigenvalue weighted by molar-refractivity contribution is -0.160. The van der Waals surface area contributed by atoms with Crippen molar-refractivity contribution in [2.75, 3.05) is 0 Å². The Hall–Kier alpha value is -0.570. The van der Waals surface area contributed by atoms with Crippen LogP contribution in [0.4, 0.5) is 0 Å². The van der Waals surface area contributed by atoms with Crippen molar-refractivity contribution in [2.45, 2.75) is 71.4 Å². The number of hydrogen-bond acceptors (Lipinski definition) is 3. The second-order valence-electron chi connectivity index (χ2n) is 7.50. The van der Waals surface area contributed by atoms with E-state index >= 15 is 0 Å². The second kappa shape index (κ2) is 4.52. The van der Waals surface area contributed by atoms with Crippen LogP contribution in [0.25, 0.3) is 0 Å². The Balaban J connectivity index is 1.94. The Labute approximate surface area is 110 Å². The van der Waals surface area contributed by atoms with Crippen LogP contribution in [0.1, 0.15) is 59.8 Å². The molecule has 104 valence electrons. The van der Waals surface area contributed by atoms with Crippen LogP contribution in [-0.4, -0.2) is 17.6 Å². The lowest BCUT2D eigenvalue weighted by Crippen LogP contribution is -2.50. The molecule has 3 heteroatoms. The fraction of sp³-hybridized carbons (Fsp3) is 0.933. The number of rotatable bonds is 3. The minimum absolute atomic E-state index is 0.0536. The van der Waals surface area contributed by atoms with Crippen LogP contribution in [0, 0.1) is 17.3 Å². The summed E-state index contributed by atoms with van der Waals surface area (Å²) in [6.07, 6.45) is 5.34. The van der Waals surface area contributed by atoms with Gasteiger partial charge in [-0.15, -0.1) is 0 Å². The minimum Gasteiger partial charge on any atom is -0.461 e. The molecule has 2 saturated carbocycles. The maximum atomic E-state index is 12.2. The molecule has 0 saturated heterocycles. The van der Waals surface area contributed by atoms with Gasteiger partial charge in [0, 0.05) is 0 Å². The number of esters is 1. The highest BCUT2D eigenvalue weighted by Crippen LogP contribution is 2.42. The van der Waals surface area contributed by atoms with E-state index in [0.29, 0.717) is 11.8 Å². The molecule has 0 amide bonds. The molecule has 2 fully saturated rings. The predicted molar refractivity (Wildman–Crippen MR) is 72.0 cm³/mol. The third-order valence-electron chi connectivity index (χ3n) is 4.49. The van der Waals surface area contributed by atoms with Gasteiger partial charge in [0.25, 0.3) is 0 Å². The quantitative estimate of drug-likeness (QED) is 0.787. The van der Waals surface area contributed by atoms with E-state index in [0.717, 1.165) is 25.7 Å². The number of ether oxygens (including phenoxy) is 1. The van der Waals surface area contributed by atoms with Crippen molar-refractivity contribution in [3.05, 3.63) is 0 Å². The number of hydrogen-bond donors (Lipinski definition) is 1. The third kappa shape index (κ3) is 3.05. The topological polar surface area (TPSA) is 52.3 Å². The predicted octanol–water partition coefficient (Wildman–Crippen LogP) is 2.87. The molecule has 2 aliphatic carbocycles. The molecule has 2 aliphatic rings. The van der Waals surface area contributed by atoms with Crippen molar-refractivity contribution in [3.8, 4) is 0 Å². The van der Waals surface area contributed by atoms with Gasteiger partial charge in [-0.3, -0.25) is 4.79 Å². The highest BCUT2D eigenvalue weighted by atomic mass is 16.5. The zero-order valence-electron chi connectivity index (χ0n) is 12.2. The minimum atomic E-state index is -0.773. The van der Waals surface area contributed by atoms with Crippen LogP contribution in [0.15, 0.2) is 0 Å². The summed E-state index contributed by atoms with van der Waals surface area (Å²) in [5.41, 5.74) is 5.61. The van der Waals surface area contributed by atoms with E-state index in [1.165, 1.54) is 6.42 Å². The Bertz CT molecular complexity index is 331. The SMILES string of the molecule is CC1CC(OC(=O)C(C)(N)C2CC2)CC(C)(C)C1.